The molecule has 0 saturated carbocycles. The van der Waals surface area contributed by atoms with Crippen LogP contribution < -0.4 is 5.56 Å². The van der Waals surface area contributed by atoms with E-state index in [1.165, 1.54) is 0 Å². The Morgan fingerprint density at radius 3 is 2.88 bits per heavy atom. The molecule has 0 amide bonds. The van der Waals surface area contributed by atoms with E-state index in [1.807, 2.05) is 13.0 Å². The fourth-order valence-corrected chi connectivity index (χ4v) is 1.55. The Morgan fingerprint density at radius 1 is 1.50 bits per heavy atom. The van der Waals surface area contributed by atoms with Gasteiger partial charge in [0, 0.05) is 6.20 Å². The van der Waals surface area contributed by atoms with E-state index < -0.39 is 0 Å². The van der Waals surface area contributed by atoms with Gasteiger partial charge in [-0.3, -0.25) is 9.78 Å². The van der Waals surface area contributed by atoms with Crippen LogP contribution in [0, 0.1) is 10.5 Å². The van der Waals surface area contributed by atoms with E-state index in [-0.39, 0.29) is 20.8 Å². The fraction of sp³-hybridized carbons (Fsp3) is 0.100. The quantitative estimate of drug-likeness (QED) is 0.776. The Balaban J connectivity index is 2.67. The molecule has 0 unspecified atom stereocenters. The van der Waals surface area contributed by atoms with Crippen LogP contribution in [0.5, 0.6) is 5.88 Å². The molecule has 0 aromatic carbocycles. The molecule has 0 aliphatic heterocycles. The van der Waals surface area contributed by atoms with Crippen molar-refractivity contribution < 1.29 is 5.11 Å². The van der Waals surface area contributed by atoms with Gasteiger partial charge in [0.05, 0.1) is 0 Å². The van der Waals surface area contributed by atoms with Gasteiger partial charge in [-0.2, -0.15) is 4.98 Å². The molecular weight excluding hydrogens is 321 g/mol. The van der Waals surface area contributed by atoms with Gasteiger partial charge in [0.25, 0.3) is 5.56 Å². The number of aromatic amines is 1. The number of nitrogens with one attached hydrogen (secondary N) is 1. The standard InChI is InChI=1S/C10H8IN3O2/c1-5-3-2-4-12-7(5)8-13-9(15)6(11)10(16)14-8/h2-4H,1H3,(H2,13,14,15,16). The third-order valence-electron chi connectivity index (χ3n) is 2.08. The summed E-state index contributed by atoms with van der Waals surface area (Å²) < 4.78 is 0.176. The van der Waals surface area contributed by atoms with Crippen LogP contribution in [-0.4, -0.2) is 20.1 Å². The maximum atomic E-state index is 11.5. The normalized spacial score (nSPS) is 10.4. The summed E-state index contributed by atoms with van der Waals surface area (Å²) in [4.78, 5) is 22.0. The molecule has 2 heterocycles. The molecular formula is C10H8IN3O2. The first kappa shape index (κ1) is 11.1. The molecule has 0 fully saturated rings. The van der Waals surface area contributed by atoms with E-state index in [0.29, 0.717) is 5.69 Å². The van der Waals surface area contributed by atoms with Gasteiger partial charge in [-0.25, -0.2) is 0 Å². The summed E-state index contributed by atoms with van der Waals surface area (Å²) >= 11 is 1.74. The molecule has 0 saturated heterocycles. The van der Waals surface area contributed by atoms with Crippen LogP contribution in [0.3, 0.4) is 0 Å². The van der Waals surface area contributed by atoms with Crippen LogP contribution in [0.2, 0.25) is 0 Å². The van der Waals surface area contributed by atoms with E-state index in [1.54, 1.807) is 34.9 Å². The second-order valence-corrected chi connectivity index (χ2v) is 4.30. The number of rotatable bonds is 1. The van der Waals surface area contributed by atoms with Gasteiger partial charge in [0.2, 0.25) is 5.88 Å². The lowest BCUT2D eigenvalue weighted by Gasteiger charge is -2.04. The highest BCUT2D eigenvalue weighted by Crippen LogP contribution is 2.19. The third-order valence-corrected chi connectivity index (χ3v) is 3.05. The number of H-pyrrole nitrogens is 1. The first-order valence-corrected chi connectivity index (χ1v) is 5.58. The second kappa shape index (κ2) is 4.20. The fourth-order valence-electron chi connectivity index (χ4n) is 1.29. The van der Waals surface area contributed by atoms with Crippen LogP contribution in [0.4, 0.5) is 0 Å². The Labute approximate surface area is 105 Å². The summed E-state index contributed by atoms with van der Waals surface area (Å²) in [5.41, 5.74) is 1.07. The zero-order valence-electron chi connectivity index (χ0n) is 8.36. The smallest absolute Gasteiger partial charge is 0.268 e. The number of aromatic nitrogens is 3. The molecule has 0 radical (unpaired) electrons. The van der Waals surface area contributed by atoms with Gasteiger partial charge in [-0.1, -0.05) is 6.07 Å². The van der Waals surface area contributed by atoms with Crippen molar-refractivity contribution >= 4 is 22.6 Å². The number of pyridine rings is 1. The lowest BCUT2D eigenvalue weighted by atomic mass is 10.2. The monoisotopic (exact) mass is 329 g/mol. The zero-order valence-corrected chi connectivity index (χ0v) is 10.5. The van der Waals surface area contributed by atoms with Crippen LogP contribution in [0.25, 0.3) is 11.5 Å². The number of hydrogen-bond acceptors (Lipinski definition) is 4. The Morgan fingerprint density at radius 2 is 2.25 bits per heavy atom. The molecule has 16 heavy (non-hydrogen) atoms. The average Bonchev–Trinajstić information content (AvgIpc) is 2.26. The topological polar surface area (TPSA) is 78.9 Å². The lowest BCUT2D eigenvalue weighted by Crippen LogP contribution is -2.13. The van der Waals surface area contributed by atoms with E-state index in [4.69, 9.17) is 0 Å². The third kappa shape index (κ3) is 1.92. The van der Waals surface area contributed by atoms with Crippen molar-refractivity contribution in [1.82, 2.24) is 15.0 Å². The van der Waals surface area contributed by atoms with Gasteiger partial charge in [-0.05, 0) is 41.1 Å². The zero-order chi connectivity index (χ0) is 11.7. The van der Waals surface area contributed by atoms with Gasteiger partial charge >= 0.3 is 0 Å². The molecule has 0 aliphatic carbocycles. The molecule has 0 aliphatic rings. The maximum Gasteiger partial charge on any atom is 0.268 e. The SMILES string of the molecule is Cc1cccnc1-c1nc(O)c(I)c(=O)[nH]1. The van der Waals surface area contributed by atoms with E-state index >= 15 is 0 Å². The van der Waals surface area contributed by atoms with Crippen LogP contribution in [-0.2, 0) is 0 Å². The number of hydrogen-bond donors (Lipinski definition) is 2. The summed E-state index contributed by atoms with van der Waals surface area (Å²) in [6.07, 6.45) is 1.61. The molecule has 2 aromatic rings. The van der Waals surface area contributed by atoms with E-state index in [0.717, 1.165) is 5.56 Å². The number of aromatic hydroxyl groups is 1. The Kier molecular flexibility index (Phi) is 2.90. The number of aryl methyl sites for hydroxylation is 1. The highest BCUT2D eigenvalue weighted by Gasteiger charge is 2.11. The molecule has 82 valence electrons. The molecule has 0 bridgehead atoms. The van der Waals surface area contributed by atoms with Crippen molar-refractivity contribution in [2.75, 3.05) is 0 Å². The molecule has 6 heteroatoms. The van der Waals surface area contributed by atoms with Crippen LogP contribution in [0.1, 0.15) is 5.56 Å². The van der Waals surface area contributed by atoms with Gasteiger partial charge in [-0.15, -0.1) is 0 Å². The Hall–Kier alpha value is -1.44. The predicted molar refractivity (Wildman–Crippen MR) is 67.2 cm³/mol. The average molecular weight is 329 g/mol. The molecule has 5 nitrogen and oxygen atoms in total. The summed E-state index contributed by atoms with van der Waals surface area (Å²) in [6.45, 7) is 1.86. The highest BCUT2D eigenvalue weighted by molar-refractivity contribution is 14.1. The number of halogens is 1. The molecule has 0 spiro atoms. The summed E-state index contributed by atoms with van der Waals surface area (Å²) in [5.74, 6) is 0.00502. The Bertz CT molecular complexity index is 595. The first-order valence-electron chi connectivity index (χ1n) is 4.50. The van der Waals surface area contributed by atoms with E-state index in [9.17, 15) is 9.90 Å². The lowest BCUT2D eigenvalue weighted by molar-refractivity contribution is 0.447. The largest absolute Gasteiger partial charge is 0.492 e. The van der Waals surface area contributed by atoms with Crippen LogP contribution >= 0.6 is 22.6 Å². The molecule has 0 atom stereocenters. The van der Waals surface area contributed by atoms with Crippen molar-refractivity contribution in [1.29, 1.82) is 0 Å². The minimum atomic E-state index is -0.367. The second-order valence-electron chi connectivity index (χ2n) is 3.22. The van der Waals surface area contributed by atoms with E-state index in [2.05, 4.69) is 15.0 Å². The van der Waals surface area contributed by atoms with Gasteiger partial charge in [0.15, 0.2) is 5.82 Å². The highest BCUT2D eigenvalue weighted by atomic mass is 127. The van der Waals surface area contributed by atoms with Gasteiger partial charge in [0.1, 0.15) is 9.26 Å². The van der Waals surface area contributed by atoms with Crippen molar-refractivity contribution in [3.63, 3.8) is 0 Å². The summed E-state index contributed by atoms with van der Waals surface area (Å²) in [5, 5.41) is 9.47. The van der Waals surface area contributed by atoms with Crippen molar-refractivity contribution in [3.05, 3.63) is 37.8 Å². The molecule has 2 aromatic heterocycles. The minimum Gasteiger partial charge on any atom is -0.492 e. The van der Waals surface area contributed by atoms with Crippen molar-refractivity contribution in [3.8, 4) is 17.4 Å². The summed E-state index contributed by atoms with van der Waals surface area (Å²) in [7, 11) is 0. The first-order chi connectivity index (χ1) is 7.59. The molecule has 2 N–H and O–H groups in total. The summed E-state index contributed by atoms with van der Waals surface area (Å²) in [6, 6.07) is 3.65. The minimum absolute atomic E-state index is 0.176. The van der Waals surface area contributed by atoms with Crippen molar-refractivity contribution in [2.24, 2.45) is 0 Å². The maximum absolute atomic E-state index is 11.5. The van der Waals surface area contributed by atoms with Crippen LogP contribution in [0.15, 0.2) is 23.1 Å². The van der Waals surface area contributed by atoms with Crippen molar-refractivity contribution in [2.45, 2.75) is 6.92 Å². The van der Waals surface area contributed by atoms with Gasteiger partial charge < -0.3 is 10.1 Å². The number of nitrogens with zero attached hydrogens (tertiary/aromatic N) is 2. The molecule has 2 rings (SSSR count). The predicted octanol–water partition coefficient (Wildman–Crippen LogP) is 1.45.